The van der Waals surface area contributed by atoms with Gasteiger partial charge in [0, 0.05) is 17.3 Å². The molecule has 0 aromatic heterocycles. The molecule has 1 aliphatic rings. The van der Waals surface area contributed by atoms with Crippen molar-refractivity contribution in [1.82, 2.24) is 5.43 Å². The van der Waals surface area contributed by atoms with Crippen LogP contribution in [-0.4, -0.2) is 6.21 Å². The Labute approximate surface area is 55.6 Å². The van der Waals surface area contributed by atoms with E-state index in [2.05, 4.69) is 30.5 Å². The highest BCUT2D eigenvalue weighted by Gasteiger charge is 2.13. The average Bonchev–Trinajstić information content (AvgIpc) is 1.60. The summed E-state index contributed by atoms with van der Waals surface area (Å²) >= 11 is 0. The van der Waals surface area contributed by atoms with Crippen LogP contribution in [0.5, 0.6) is 0 Å². The lowest BCUT2D eigenvalue weighted by atomic mass is 9.93. The molecule has 1 rings (SSSR count). The van der Waals surface area contributed by atoms with Crippen molar-refractivity contribution in [2.45, 2.75) is 20.8 Å². The van der Waals surface area contributed by atoms with E-state index in [1.54, 1.807) is 0 Å². The van der Waals surface area contributed by atoms with Gasteiger partial charge < -0.3 is 0 Å². The summed E-state index contributed by atoms with van der Waals surface area (Å²) in [7, 11) is 0. The maximum atomic E-state index is 3.97. The van der Waals surface area contributed by atoms with Gasteiger partial charge >= 0.3 is 0 Å². The predicted molar refractivity (Wildman–Crippen MR) is 39.2 cm³/mol. The number of nitrogens with zero attached hydrogens (tertiary/aromatic N) is 1. The lowest BCUT2D eigenvalue weighted by Crippen LogP contribution is -2.20. The fraction of sp³-hybridized carbons (Fsp3) is 0.571. The van der Waals surface area contributed by atoms with E-state index in [0.717, 1.165) is 5.70 Å². The first-order valence-corrected chi connectivity index (χ1v) is 3.10. The minimum Gasteiger partial charge on any atom is -0.284 e. The summed E-state index contributed by atoms with van der Waals surface area (Å²) in [6.07, 6.45) is 4.06. The Morgan fingerprint density at radius 1 is 1.56 bits per heavy atom. The van der Waals surface area contributed by atoms with Gasteiger partial charge in [-0.1, -0.05) is 19.9 Å². The summed E-state index contributed by atoms with van der Waals surface area (Å²) < 4.78 is 0. The molecule has 0 saturated carbocycles. The number of hydrogen-bond donors (Lipinski definition) is 1. The van der Waals surface area contributed by atoms with Gasteiger partial charge in [0.15, 0.2) is 0 Å². The first-order valence-electron chi connectivity index (χ1n) is 3.10. The van der Waals surface area contributed by atoms with Crippen LogP contribution in [-0.2, 0) is 0 Å². The molecule has 0 saturated heterocycles. The largest absolute Gasteiger partial charge is 0.284 e. The van der Waals surface area contributed by atoms with Crippen molar-refractivity contribution in [2.75, 3.05) is 0 Å². The molecule has 0 amide bonds. The maximum absolute atomic E-state index is 3.97. The minimum atomic E-state index is 0.134. The minimum absolute atomic E-state index is 0.134. The third kappa shape index (κ3) is 1.56. The molecule has 1 aliphatic heterocycles. The molecule has 1 N–H and O–H groups in total. The van der Waals surface area contributed by atoms with Crippen molar-refractivity contribution in [1.29, 1.82) is 0 Å². The Bertz CT molecular complexity index is 166. The highest BCUT2D eigenvalue weighted by atomic mass is 15.3. The molecule has 9 heavy (non-hydrogen) atoms. The Hall–Kier alpha value is -0.790. The van der Waals surface area contributed by atoms with Crippen molar-refractivity contribution in [2.24, 2.45) is 10.5 Å². The molecule has 0 aliphatic carbocycles. The summed E-state index contributed by atoms with van der Waals surface area (Å²) in [5.74, 6) is 0. The zero-order valence-corrected chi connectivity index (χ0v) is 6.10. The lowest BCUT2D eigenvalue weighted by molar-refractivity contribution is 0.643. The van der Waals surface area contributed by atoms with Crippen molar-refractivity contribution < 1.29 is 0 Å². The van der Waals surface area contributed by atoms with Crippen LogP contribution >= 0.6 is 0 Å². The van der Waals surface area contributed by atoms with Crippen molar-refractivity contribution in [3.8, 4) is 0 Å². The topological polar surface area (TPSA) is 24.4 Å². The quantitative estimate of drug-likeness (QED) is 0.520. The monoisotopic (exact) mass is 124 g/mol. The normalized spacial score (nSPS) is 22.8. The van der Waals surface area contributed by atoms with E-state index >= 15 is 0 Å². The van der Waals surface area contributed by atoms with Crippen molar-refractivity contribution in [3.05, 3.63) is 11.8 Å². The van der Waals surface area contributed by atoms with Gasteiger partial charge in [0.2, 0.25) is 0 Å². The Morgan fingerprint density at radius 3 is 2.56 bits per heavy atom. The molecule has 2 heteroatoms. The maximum Gasteiger partial charge on any atom is 0.0341 e. The van der Waals surface area contributed by atoms with Gasteiger partial charge in [0.05, 0.1) is 0 Å². The van der Waals surface area contributed by atoms with Crippen LogP contribution in [0.1, 0.15) is 20.8 Å². The second-order valence-corrected chi connectivity index (χ2v) is 3.02. The summed E-state index contributed by atoms with van der Waals surface area (Å²) in [4.78, 5) is 0. The molecular formula is C7H12N2. The Kier molecular flexibility index (Phi) is 1.31. The second-order valence-electron chi connectivity index (χ2n) is 3.02. The van der Waals surface area contributed by atoms with E-state index in [0.29, 0.717) is 0 Å². The zero-order chi connectivity index (χ0) is 6.91. The van der Waals surface area contributed by atoms with Crippen molar-refractivity contribution in [3.63, 3.8) is 0 Å². The van der Waals surface area contributed by atoms with Gasteiger partial charge in [0.25, 0.3) is 0 Å². The molecule has 0 aromatic rings. The average molecular weight is 124 g/mol. The van der Waals surface area contributed by atoms with E-state index in [1.165, 1.54) is 0 Å². The molecule has 50 valence electrons. The van der Waals surface area contributed by atoms with Gasteiger partial charge in [-0.3, -0.25) is 5.43 Å². The highest BCUT2D eigenvalue weighted by molar-refractivity contribution is 5.68. The summed E-state index contributed by atoms with van der Waals surface area (Å²) in [5, 5.41) is 3.97. The number of hydrazone groups is 1. The van der Waals surface area contributed by atoms with Gasteiger partial charge in [0.1, 0.15) is 0 Å². The third-order valence-electron chi connectivity index (χ3n) is 1.23. The molecule has 0 aromatic carbocycles. The molecule has 2 nitrogen and oxygen atoms in total. The van der Waals surface area contributed by atoms with Gasteiger partial charge in [-0.25, -0.2) is 0 Å². The number of rotatable bonds is 0. The highest BCUT2D eigenvalue weighted by Crippen LogP contribution is 2.17. The first-order chi connectivity index (χ1) is 4.10. The fourth-order valence-corrected chi connectivity index (χ4v) is 0.928. The fourth-order valence-electron chi connectivity index (χ4n) is 0.928. The predicted octanol–water partition coefficient (Wildman–Crippen LogP) is 1.51. The van der Waals surface area contributed by atoms with Crippen LogP contribution in [0, 0.1) is 5.41 Å². The first kappa shape index (κ1) is 6.33. The standard InChI is InChI=1S/C7H12N2/c1-6-4-7(2,3)5-8-9-6/h4-5,9H,1-3H3. The van der Waals surface area contributed by atoms with E-state index in [-0.39, 0.29) is 5.41 Å². The molecule has 0 spiro atoms. The Morgan fingerprint density at radius 2 is 2.22 bits per heavy atom. The van der Waals surface area contributed by atoms with Gasteiger partial charge in [-0.2, -0.15) is 5.10 Å². The SMILES string of the molecule is CC1=CC(C)(C)C=NN1. The van der Waals surface area contributed by atoms with E-state index in [1.807, 2.05) is 13.1 Å². The van der Waals surface area contributed by atoms with Crippen LogP contribution < -0.4 is 5.43 Å². The summed E-state index contributed by atoms with van der Waals surface area (Å²) in [6, 6.07) is 0. The van der Waals surface area contributed by atoms with Gasteiger partial charge in [-0.15, -0.1) is 0 Å². The molecule has 0 unspecified atom stereocenters. The van der Waals surface area contributed by atoms with Crippen LogP contribution in [0.15, 0.2) is 16.9 Å². The van der Waals surface area contributed by atoms with Crippen LogP contribution in [0.4, 0.5) is 0 Å². The van der Waals surface area contributed by atoms with Crippen LogP contribution in [0.2, 0.25) is 0 Å². The van der Waals surface area contributed by atoms with Gasteiger partial charge in [-0.05, 0) is 6.92 Å². The summed E-state index contributed by atoms with van der Waals surface area (Å²) in [5.41, 5.74) is 4.13. The zero-order valence-electron chi connectivity index (χ0n) is 6.10. The second kappa shape index (κ2) is 1.87. The van der Waals surface area contributed by atoms with Crippen molar-refractivity contribution >= 4 is 6.21 Å². The van der Waals surface area contributed by atoms with E-state index in [4.69, 9.17) is 0 Å². The Balaban J connectivity index is 2.78. The number of hydrogen-bond acceptors (Lipinski definition) is 2. The van der Waals surface area contributed by atoms with E-state index in [9.17, 15) is 0 Å². The van der Waals surface area contributed by atoms with Crippen LogP contribution in [0.3, 0.4) is 0 Å². The molecule has 0 fully saturated rings. The third-order valence-corrected chi connectivity index (χ3v) is 1.23. The molecular weight excluding hydrogens is 112 g/mol. The molecule has 0 bridgehead atoms. The van der Waals surface area contributed by atoms with Crippen LogP contribution in [0.25, 0.3) is 0 Å². The molecule has 0 radical (unpaired) electrons. The number of allylic oxidation sites excluding steroid dienone is 2. The summed E-state index contributed by atoms with van der Waals surface area (Å²) in [6.45, 7) is 6.26. The van der Waals surface area contributed by atoms with E-state index < -0.39 is 0 Å². The smallest absolute Gasteiger partial charge is 0.0341 e. The molecule has 1 heterocycles. The molecule has 0 atom stereocenters. The number of nitrogens with one attached hydrogen (secondary N) is 1. The lowest BCUT2D eigenvalue weighted by Gasteiger charge is -2.19.